The molecule has 3 aromatic heterocycles. The molecule has 0 saturated heterocycles. The second kappa shape index (κ2) is 29.2. The highest BCUT2D eigenvalue weighted by Gasteiger charge is 2.44. The number of sulfone groups is 1. The van der Waals surface area contributed by atoms with Gasteiger partial charge in [0.15, 0.2) is 9.84 Å². The minimum atomic E-state index is -3.66. The fourth-order valence-corrected chi connectivity index (χ4v) is 21.3. The summed E-state index contributed by atoms with van der Waals surface area (Å²) in [5.41, 5.74) is 8.88. The average Bonchev–Trinajstić information content (AvgIpc) is 1.68. The predicted octanol–water partition coefficient (Wildman–Crippen LogP) is 14.3. The molecule has 8 aliphatic heterocycles. The third-order valence-corrected chi connectivity index (χ3v) is 27.3. The molecule has 0 spiro atoms. The number of rotatable bonds is 2. The number of benzene rings is 5. The lowest BCUT2D eigenvalue weighted by molar-refractivity contribution is -0.124. The Kier molecular flexibility index (Phi) is 22.4. The molecule has 1 unspecified atom stereocenters. The molecule has 8 aliphatic rings. The predicted molar refractivity (Wildman–Crippen MR) is 408 cm³/mol. The van der Waals surface area contributed by atoms with Crippen LogP contribution in [0.1, 0.15) is 155 Å². The molecule has 5 aromatic carbocycles. The first-order valence-electron chi connectivity index (χ1n) is 33.7. The van der Waals surface area contributed by atoms with Crippen LogP contribution in [0, 0.1) is 0 Å². The number of nitrogens with zero attached hydrogens (tertiary/aromatic N) is 5. The summed E-state index contributed by atoms with van der Waals surface area (Å²) in [7, 11) is -10.7. The highest BCUT2D eigenvalue weighted by Crippen LogP contribution is 2.45. The molecule has 8 aromatic rings. The van der Waals surface area contributed by atoms with Crippen LogP contribution in [0.25, 0.3) is 0 Å². The van der Waals surface area contributed by atoms with Gasteiger partial charge in [-0.25, -0.2) is 44.9 Å². The molecule has 17 nitrogen and oxygen atoms in total. The molecule has 0 bridgehead atoms. The van der Waals surface area contributed by atoms with Crippen molar-refractivity contribution in [3.63, 3.8) is 0 Å². The van der Waals surface area contributed by atoms with Gasteiger partial charge in [-0.15, -0.1) is 11.8 Å². The van der Waals surface area contributed by atoms with Crippen LogP contribution in [0.4, 0.5) is 17.5 Å². The van der Waals surface area contributed by atoms with Gasteiger partial charge in [0.25, 0.3) is 10.0 Å². The molecule has 1 atom stereocenters. The monoisotopic (exact) mass is 1460 g/mol. The normalized spacial score (nSPS) is 20.6. The Balaban J connectivity index is 0.000000135. The molecule has 16 rings (SSSR count). The number of para-hydroxylation sites is 1. The molecule has 2 N–H and O–H groups in total. The second-order valence-corrected chi connectivity index (χ2v) is 39.5. The zero-order chi connectivity index (χ0) is 74.2. The summed E-state index contributed by atoms with van der Waals surface area (Å²) < 4.78 is 90.3. The van der Waals surface area contributed by atoms with E-state index >= 15 is 0 Å². The van der Waals surface area contributed by atoms with Gasteiger partial charge >= 0.3 is 0 Å². The summed E-state index contributed by atoms with van der Waals surface area (Å²) in [6, 6.07) is 50.7. The topological polar surface area (TPSA) is 232 Å². The molecular weight excluding hydrogens is 1370 g/mol. The molecule has 22 heteroatoms. The van der Waals surface area contributed by atoms with Gasteiger partial charge in [0.05, 0.1) is 44.6 Å². The maximum Gasteiger partial charge on any atom is 0.264 e. The fraction of sp³-hybridized carbons (Fsp3) is 0.405. The first kappa shape index (κ1) is 77.4. The van der Waals surface area contributed by atoms with Crippen LogP contribution >= 0.6 is 11.8 Å². The summed E-state index contributed by atoms with van der Waals surface area (Å²) in [4.78, 5) is 39.8. The van der Waals surface area contributed by atoms with Gasteiger partial charge in [-0.2, -0.15) is 0 Å². The number of anilines is 3. The number of hydrogen-bond acceptors (Lipinski definition) is 15. The maximum absolute atomic E-state index is 11.7. The number of hydrogen-bond donors (Lipinski definition) is 2. The van der Waals surface area contributed by atoms with Crippen molar-refractivity contribution in [2.45, 2.75) is 174 Å². The molecule has 0 fully saturated rings. The van der Waals surface area contributed by atoms with E-state index in [1.807, 2.05) is 123 Å². The van der Waals surface area contributed by atoms with E-state index < -0.39 is 52.0 Å². The van der Waals surface area contributed by atoms with Crippen LogP contribution in [-0.4, -0.2) is 106 Å². The number of pyridine rings is 3. The van der Waals surface area contributed by atoms with Crippen LogP contribution in [0.5, 0.6) is 5.75 Å². The van der Waals surface area contributed by atoms with Crippen LogP contribution in [0.3, 0.4) is 0 Å². The van der Waals surface area contributed by atoms with Crippen molar-refractivity contribution < 1.29 is 43.8 Å². The third kappa shape index (κ3) is 17.0. The lowest BCUT2D eigenvalue weighted by atomic mass is 9.84. The van der Waals surface area contributed by atoms with E-state index in [2.05, 4.69) is 138 Å². The molecule has 11 heterocycles. The highest BCUT2D eigenvalue weighted by molar-refractivity contribution is 7.99. The van der Waals surface area contributed by atoms with E-state index in [9.17, 15) is 39.1 Å². The number of fused-ring (bicyclic) bond motifs is 8. The number of nitrogens with one attached hydrogen (secondary N) is 2. The number of aromatic nitrogens is 3. The minimum Gasteiger partial charge on any atom is -0.492 e. The molecule has 538 valence electrons. The van der Waals surface area contributed by atoms with Crippen molar-refractivity contribution >= 4 is 82.2 Å². The Morgan fingerprint density at radius 1 is 0.525 bits per heavy atom. The lowest BCUT2D eigenvalue weighted by Gasteiger charge is -2.30. The summed E-state index contributed by atoms with van der Waals surface area (Å²) in [5, 5.41) is 3.28. The Labute approximate surface area is 606 Å². The number of carbonyl (C=O) groups excluding carboxylic acids is 2. The molecular formula is C79H97N7O10S5. The van der Waals surface area contributed by atoms with Crippen molar-refractivity contribution in [3.8, 4) is 5.75 Å². The van der Waals surface area contributed by atoms with Crippen molar-refractivity contribution in [1.82, 2.24) is 19.7 Å². The van der Waals surface area contributed by atoms with Gasteiger partial charge in [-0.3, -0.25) is 23.0 Å². The van der Waals surface area contributed by atoms with Crippen LogP contribution in [-0.2, 0) is 93.6 Å². The van der Waals surface area contributed by atoms with Crippen molar-refractivity contribution in [2.24, 2.45) is 0 Å². The summed E-state index contributed by atoms with van der Waals surface area (Å²) >= 11 is 1.97. The third-order valence-electron chi connectivity index (χ3n) is 19.3. The van der Waals surface area contributed by atoms with E-state index in [1.165, 1.54) is 49.5 Å². The molecule has 0 saturated carbocycles. The molecule has 2 amide bonds. The first-order valence-corrected chi connectivity index (χ1v) is 41.0. The number of thioether (sulfide) groups is 1. The van der Waals surface area contributed by atoms with Gasteiger partial charge in [-0.1, -0.05) is 206 Å². The minimum absolute atomic E-state index is 0.0322. The van der Waals surface area contributed by atoms with E-state index in [0.29, 0.717) is 28.2 Å². The largest absolute Gasteiger partial charge is 0.492 e. The summed E-state index contributed by atoms with van der Waals surface area (Å²) in [6.45, 7) is 36.4. The summed E-state index contributed by atoms with van der Waals surface area (Å²) in [5.74, 6) is 5.24. The standard InChI is InChI=1S/C10H14N2O2S.C10H12N2O.C10H11NO3S.C10H12O2S.C10H12OS.C10H12O.C10H12S.C9H12N2/c1-10(2)7-12(15(3,13)14)9-8(10)5-4-6-11-9;1-10(2)6-12(7-13)9-8(10)4-3-5-11-9;1-10(2)7-5-3-4-6-8(7)15(13,14)11-9(10)12;1-10(2)7-13(11,12)9-6-4-3-5-8(9)10;1-10(2)7-12(11)9-6-4-3-5-8(9)10;2*1-10(2)7-11-9-6-4-3-5-8(9)10;1-9(2)6-11-8-7(9)4-3-5-10-8/h4-6H,7H2,1-3H3;3-5,7H,6H2,1-2H3;3-6H,1-2H3,(H,11,12);3-6H,7H2,1-2H3;3-6H,7H2,1-2H3;2*3-6H,7H2,1-2H3;3-5H,6H2,1-2H3,(H,10,11). The number of ether oxygens (including phenoxy) is 1. The molecule has 0 aliphatic carbocycles. The Morgan fingerprint density at radius 3 is 1.61 bits per heavy atom. The zero-order valence-corrected chi connectivity index (χ0v) is 65.2. The van der Waals surface area contributed by atoms with Crippen molar-refractivity contribution in [3.05, 3.63) is 221 Å². The SMILES string of the molecule is CC1(C)C(=O)NS(=O)(=O)c2ccccc21.CC1(C)CN(C=O)c2ncccc21.CC1(C)CN(S(C)(=O)=O)c2ncccc21.CC1(C)CNc2ncccc21.CC1(C)COc2ccccc21.CC1(C)CS(=O)(=O)c2ccccc21.CC1(C)CS(=O)c2ccccc21.CC1(C)CSc2ccccc21. The van der Waals surface area contributed by atoms with E-state index in [-0.39, 0.29) is 43.1 Å². The zero-order valence-electron chi connectivity index (χ0n) is 61.1. The number of amides is 2. The quantitative estimate of drug-likeness (QED) is 0.153. The molecule has 101 heavy (non-hydrogen) atoms. The number of sulfonamides is 2. The summed E-state index contributed by atoms with van der Waals surface area (Å²) in [6.07, 6.45) is 7.23. The van der Waals surface area contributed by atoms with Crippen molar-refractivity contribution in [1.29, 1.82) is 0 Å². The molecule has 0 radical (unpaired) electrons. The van der Waals surface area contributed by atoms with Crippen LogP contribution in [0.15, 0.2) is 196 Å². The Bertz CT molecular complexity index is 4640. The van der Waals surface area contributed by atoms with Crippen molar-refractivity contribution in [2.75, 3.05) is 64.3 Å². The fourth-order valence-electron chi connectivity index (χ4n) is 13.5. The van der Waals surface area contributed by atoms with Gasteiger partial charge in [0.2, 0.25) is 22.3 Å². The van der Waals surface area contributed by atoms with Crippen LogP contribution < -0.4 is 24.0 Å². The highest BCUT2D eigenvalue weighted by atomic mass is 32.2. The van der Waals surface area contributed by atoms with E-state index in [0.717, 1.165) is 70.8 Å². The Hall–Kier alpha value is -7.76. The average molecular weight is 1470 g/mol. The van der Waals surface area contributed by atoms with Crippen LogP contribution in [0.2, 0.25) is 0 Å². The first-order chi connectivity index (χ1) is 47.0. The van der Waals surface area contributed by atoms with Gasteiger partial charge in [0, 0.05) is 120 Å². The van der Waals surface area contributed by atoms with Gasteiger partial charge < -0.3 is 10.1 Å². The maximum atomic E-state index is 11.7. The smallest absolute Gasteiger partial charge is 0.264 e. The number of carbonyl (C=O) groups is 2. The Morgan fingerprint density at radius 2 is 1.03 bits per heavy atom. The van der Waals surface area contributed by atoms with Gasteiger partial charge in [0.1, 0.15) is 23.2 Å². The van der Waals surface area contributed by atoms with E-state index in [4.69, 9.17) is 4.74 Å². The van der Waals surface area contributed by atoms with E-state index in [1.54, 1.807) is 61.5 Å². The van der Waals surface area contributed by atoms with Gasteiger partial charge in [-0.05, 0) is 84.6 Å². The second-order valence-electron chi connectivity index (χ2n) is 31.6. The lowest BCUT2D eigenvalue weighted by Crippen LogP contribution is -2.48.